The molecule has 37 heavy (non-hydrogen) atoms. The minimum atomic E-state index is -0.0941. The van der Waals surface area contributed by atoms with Gasteiger partial charge in [0.05, 0.1) is 6.54 Å². The number of carbonyl (C=O) groups excluding carboxylic acids is 2. The van der Waals surface area contributed by atoms with Crippen molar-refractivity contribution in [2.45, 2.75) is 50.0 Å². The van der Waals surface area contributed by atoms with Gasteiger partial charge in [-0.15, -0.1) is 0 Å². The molecule has 2 aliphatic heterocycles. The molecule has 2 N–H and O–H groups in total. The van der Waals surface area contributed by atoms with E-state index in [-0.39, 0.29) is 11.8 Å². The Morgan fingerprint density at radius 2 is 1.57 bits per heavy atom. The second kappa shape index (κ2) is 12.1. The first-order chi connectivity index (χ1) is 18.1. The highest BCUT2D eigenvalue weighted by molar-refractivity contribution is 7.97. The van der Waals surface area contributed by atoms with Crippen molar-refractivity contribution in [2.75, 3.05) is 38.0 Å². The van der Waals surface area contributed by atoms with E-state index < -0.39 is 0 Å². The molecule has 0 aliphatic carbocycles. The molecular weight excluding hydrogens is 480 g/mol. The van der Waals surface area contributed by atoms with Crippen LogP contribution in [0.15, 0.2) is 65.6 Å². The molecule has 0 bridgehead atoms. The third-order valence-corrected chi connectivity index (χ3v) is 8.54. The van der Waals surface area contributed by atoms with Gasteiger partial charge < -0.3 is 10.2 Å². The summed E-state index contributed by atoms with van der Waals surface area (Å²) in [4.78, 5) is 31.2. The fraction of sp³-hybridized carbons (Fsp3) is 0.400. The second-order valence-electron chi connectivity index (χ2n) is 10.1. The lowest BCUT2D eigenvalue weighted by molar-refractivity contribution is -0.133. The molecule has 0 spiro atoms. The van der Waals surface area contributed by atoms with Gasteiger partial charge in [0.1, 0.15) is 0 Å². The van der Waals surface area contributed by atoms with Crippen molar-refractivity contribution < 1.29 is 9.59 Å². The number of carbonyl (C=O) groups is 2. The molecule has 0 saturated carbocycles. The fourth-order valence-electron chi connectivity index (χ4n) is 5.29. The average molecular weight is 517 g/mol. The number of likely N-dealkylation sites (tertiary alicyclic amines) is 2. The van der Waals surface area contributed by atoms with Crippen molar-refractivity contribution >= 4 is 40.2 Å². The van der Waals surface area contributed by atoms with Crippen molar-refractivity contribution in [1.82, 2.24) is 14.5 Å². The van der Waals surface area contributed by atoms with E-state index in [9.17, 15) is 9.59 Å². The Bertz CT molecular complexity index is 1250. The molecule has 3 aromatic carbocycles. The maximum absolute atomic E-state index is 12.9. The molecule has 2 saturated heterocycles. The number of nitrogens with one attached hydrogen (secondary N) is 2. The molecule has 0 atom stereocenters. The zero-order valence-electron chi connectivity index (χ0n) is 21.5. The summed E-state index contributed by atoms with van der Waals surface area (Å²) in [5, 5.41) is 5.24. The van der Waals surface area contributed by atoms with E-state index in [1.54, 1.807) is 11.9 Å². The summed E-state index contributed by atoms with van der Waals surface area (Å²) in [7, 11) is 0. The maximum Gasteiger partial charge on any atom is 0.255 e. The van der Waals surface area contributed by atoms with Gasteiger partial charge in [-0.3, -0.25) is 19.2 Å². The van der Waals surface area contributed by atoms with Crippen LogP contribution in [-0.4, -0.2) is 60.4 Å². The molecule has 5 rings (SSSR count). The molecule has 2 aliphatic rings. The smallest absolute Gasteiger partial charge is 0.255 e. The van der Waals surface area contributed by atoms with Gasteiger partial charge in [-0.25, -0.2) is 0 Å². The lowest BCUT2D eigenvalue weighted by atomic mass is 10.1. The monoisotopic (exact) mass is 516 g/mol. The summed E-state index contributed by atoms with van der Waals surface area (Å²) in [6.07, 6.45) is 5.64. The van der Waals surface area contributed by atoms with E-state index in [4.69, 9.17) is 0 Å². The molecule has 3 aromatic rings. The Hall–Kier alpha value is -2.87. The average Bonchev–Trinajstić information content (AvgIpc) is 2.93. The van der Waals surface area contributed by atoms with Crippen LogP contribution < -0.4 is 10.0 Å². The van der Waals surface area contributed by atoms with Gasteiger partial charge in [0.25, 0.3) is 5.91 Å². The third-order valence-electron chi connectivity index (χ3n) is 7.51. The van der Waals surface area contributed by atoms with Crippen LogP contribution >= 0.6 is 11.9 Å². The van der Waals surface area contributed by atoms with E-state index in [2.05, 4.69) is 33.1 Å². The molecule has 2 amide bonds. The van der Waals surface area contributed by atoms with Crippen LogP contribution in [0, 0.1) is 6.92 Å². The summed E-state index contributed by atoms with van der Waals surface area (Å²) >= 11 is 1.65. The number of nitrogens with zero attached hydrogens (tertiary/aromatic N) is 2. The molecule has 0 aromatic heterocycles. The highest BCUT2D eigenvalue weighted by atomic mass is 32.2. The zero-order chi connectivity index (χ0) is 25.6. The van der Waals surface area contributed by atoms with E-state index in [0.717, 1.165) is 65.9 Å². The highest BCUT2D eigenvalue weighted by Gasteiger charge is 2.25. The minimum Gasteiger partial charge on any atom is -0.341 e. The number of amides is 2. The Morgan fingerprint density at radius 3 is 2.32 bits per heavy atom. The van der Waals surface area contributed by atoms with Crippen LogP contribution in [0.5, 0.6) is 0 Å². The topological polar surface area (TPSA) is 64.7 Å². The first-order valence-corrected chi connectivity index (χ1v) is 14.2. The lowest BCUT2D eigenvalue weighted by Crippen LogP contribution is -2.47. The van der Waals surface area contributed by atoms with Crippen LogP contribution in [0.2, 0.25) is 0 Å². The third kappa shape index (κ3) is 6.35. The number of hydrogen-bond donors (Lipinski definition) is 2. The predicted molar refractivity (Wildman–Crippen MR) is 152 cm³/mol. The van der Waals surface area contributed by atoms with Crippen LogP contribution in [0.4, 0.5) is 5.69 Å². The predicted octanol–water partition coefficient (Wildman–Crippen LogP) is 5.47. The zero-order valence-corrected chi connectivity index (χ0v) is 22.4. The quantitative estimate of drug-likeness (QED) is 0.408. The van der Waals surface area contributed by atoms with Crippen molar-refractivity contribution in [3.63, 3.8) is 0 Å². The SMILES string of the molecule is Cc1ccccc1C(=O)Nc1ccc(SNC2CCN(C(=O)CN3CCCCC3)CC2)c2ccccc12. The van der Waals surface area contributed by atoms with E-state index in [1.165, 1.54) is 19.3 Å². The number of benzene rings is 3. The first-order valence-electron chi connectivity index (χ1n) is 13.4. The van der Waals surface area contributed by atoms with Crippen LogP contribution in [0.25, 0.3) is 10.8 Å². The number of fused-ring (bicyclic) bond motifs is 1. The summed E-state index contributed by atoms with van der Waals surface area (Å²) in [5.74, 6) is 0.186. The van der Waals surface area contributed by atoms with Gasteiger partial charge in [0, 0.05) is 40.7 Å². The van der Waals surface area contributed by atoms with Gasteiger partial charge in [-0.2, -0.15) is 0 Å². The molecule has 0 unspecified atom stereocenters. The Morgan fingerprint density at radius 1 is 0.865 bits per heavy atom. The molecule has 2 heterocycles. The van der Waals surface area contributed by atoms with Gasteiger partial charge in [-0.1, -0.05) is 48.9 Å². The largest absolute Gasteiger partial charge is 0.341 e. The van der Waals surface area contributed by atoms with Crippen molar-refractivity contribution in [2.24, 2.45) is 0 Å². The van der Waals surface area contributed by atoms with Gasteiger partial charge in [0.2, 0.25) is 5.91 Å². The Kier molecular flexibility index (Phi) is 8.44. The van der Waals surface area contributed by atoms with Gasteiger partial charge >= 0.3 is 0 Å². The van der Waals surface area contributed by atoms with Crippen LogP contribution in [-0.2, 0) is 4.79 Å². The van der Waals surface area contributed by atoms with Gasteiger partial charge in [-0.05, 0) is 86.8 Å². The van der Waals surface area contributed by atoms with E-state index in [0.29, 0.717) is 18.2 Å². The number of rotatable bonds is 7. The molecule has 194 valence electrons. The minimum absolute atomic E-state index is 0.0941. The molecule has 7 heteroatoms. The standard InChI is InChI=1S/C30H36N4O2S/c1-22-9-3-4-10-24(22)30(36)31-27-13-14-28(26-12-6-5-11-25(26)27)37-32-23-15-19-34(20-16-23)29(35)21-33-17-7-2-8-18-33/h3-6,9-14,23,32H,2,7-8,15-21H2,1H3,(H,31,36). The highest BCUT2D eigenvalue weighted by Crippen LogP contribution is 2.33. The normalized spacial score (nSPS) is 17.2. The van der Waals surface area contributed by atoms with Crippen molar-refractivity contribution in [3.8, 4) is 0 Å². The summed E-state index contributed by atoms with van der Waals surface area (Å²) < 4.78 is 3.65. The Labute approximate surface area is 223 Å². The summed E-state index contributed by atoms with van der Waals surface area (Å²) in [6, 6.07) is 20.3. The van der Waals surface area contributed by atoms with Crippen LogP contribution in [0.1, 0.15) is 48.0 Å². The van der Waals surface area contributed by atoms with E-state index >= 15 is 0 Å². The second-order valence-corrected chi connectivity index (χ2v) is 11.0. The van der Waals surface area contributed by atoms with E-state index in [1.807, 2.05) is 54.3 Å². The molecule has 2 fully saturated rings. The molecule has 6 nitrogen and oxygen atoms in total. The van der Waals surface area contributed by atoms with Crippen molar-refractivity contribution in [3.05, 3.63) is 71.8 Å². The molecule has 0 radical (unpaired) electrons. The summed E-state index contributed by atoms with van der Waals surface area (Å²) in [6.45, 7) is 6.27. The molecular formula is C30H36N4O2S. The van der Waals surface area contributed by atoms with Crippen molar-refractivity contribution in [1.29, 1.82) is 0 Å². The van der Waals surface area contributed by atoms with Gasteiger partial charge in [0.15, 0.2) is 0 Å². The maximum atomic E-state index is 12.9. The van der Waals surface area contributed by atoms with Crippen LogP contribution in [0.3, 0.4) is 0 Å². The fourth-order valence-corrected chi connectivity index (χ4v) is 6.24. The Balaban J connectivity index is 1.18. The number of aryl methyl sites for hydroxylation is 1. The number of piperidine rings is 2. The lowest BCUT2D eigenvalue weighted by Gasteiger charge is -2.34. The number of hydrogen-bond acceptors (Lipinski definition) is 5. The first kappa shape index (κ1) is 25.8. The number of anilines is 1. The summed E-state index contributed by atoms with van der Waals surface area (Å²) in [5.41, 5.74) is 2.46.